The molecule has 0 aromatic heterocycles. The largest absolute Gasteiger partial charge is 0.444 e. The molecule has 20 heavy (non-hydrogen) atoms. The zero-order valence-corrected chi connectivity index (χ0v) is 11.6. The lowest BCUT2D eigenvalue weighted by Gasteiger charge is -2.23. The number of carbonyl (C=O) groups excluding carboxylic acids is 1. The number of hydrogen-bond donors (Lipinski definition) is 1. The molecule has 1 aromatic rings. The van der Waals surface area contributed by atoms with E-state index < -0.39 is 29.4 Å². The van der Waals surface area contributed by atoms with Crippen LogP contribution in [0.15, 0.2) is 18.2 Å². The van der Waals surface area contributed by atoms with Gasteiger partial charge in [0.05, 0.1) is 12.6 Å². The maximum Gasteiger partial charge on any atom is 0.408 e. The first-order chi connectivity index (χ1) is 9.26. The topological polar surface area (TPSA) is 50.9 Å². The predicted octanol–water partition coefficient (Wildman–Crippen LogP) is 2.93. The second-order valence-corrected chi connectivity index (χ2v) is 5.66. The van der Waals surface area contributed by atoms with Crippen molar-refractivity contribution in [2.24, 2.45) is 0 Å². The van der Waals surface area contributed by atoms with Crippen LogP contribution in [0.25, 0.3) is 0 Å². The van der Waals surface area contributed by atoms with E-state index in [9.17, 15) is 13.6 Å². The highest BCUT2D eigenvalue weighted by atomic mass is 19.1. The van der Waals surface area contributed by atoms with Gasteiger partial charge in [-0.05, 0) is 26.8 Å². The molecule has 1 aliphatic heterocycles. The van der Waals surface area contributed by atoms with Gasteiger partial charge in [0.25, 0.3) is 0 Å². The third-order valence-electron chi connectivity index (χ3n) is 2.70. The van der Waals surface area contributed by atoms with Gasteiger partial charge in [0, 0.05) is 11.6 Å². The fourth-order valence-electron chi connectivity index (χ4n) is 1.81. The normalized spacial score (nSPS) is 19.4. The molecule has 0 saturated carbocycles. The Balaban J connectivity index is 2.13. The summed E-state index contributed by atoms with van der Waals surface area (Å²) in [5.74, 6) is -1.39. The van der Waals surface area contributed by atoms with Crippen molar-refractivity contribution in [1.82, 2.24) is 5.32 Å². The van der Waals surface area contributed by atoms with Gasteiger partial charge >= 0.3 is 6.09 Å². The molecule has 2 atom stereocenters. The Morgan fingerprint density at radius 1 is 1.45 bits per heavy atom. The molecule has 1 fully saturated rings. The number of hydrogen-bond acceptors (Lipinski definition) is 3. The molecule has 1 aliphatic rings. The number of ether oxygens (including phenoxy) is 2. The van der Waals surface area contributed by atoms with E-state index >= 15 is 0 Å². The SMILES string of the molecule is CC(C)(C)OC(=O)N[C@@H](c1ccc(F)cc1F)[C@H]1CO1. The number of carbonyl (C=O) groups is 1. The molecule has 0 radical (unpaired) electrons. The third kappa shape index (κ3) is 3.90. The second-order valence-electron chi connectivity index (χ2n) is 5.66. The molecule has 0 bridgehead atoms. The van der Waals surface area contributed by atoms with E-state index in [0.29, 0.717) is 6.61 Å². The highest BCUT2D eigenvalue weighted by molar-refractivity contribution is 5.68. The monoisotopic (exact) mass is 285 g/mol. The quantitative estimate of drug-likeness (QED) is 0.869. The molecule has 2 rings (SSSR count). The molecule has 1 aromatic carbocycles. The Morgan fingerprint density at radius 3 is 2.60 bits per heavy atom. The van der Waals surface area contributed by atoms with E-state index in [1.54, 1.807) is 20.8 Å². The zero-order chi connectivity index (χ0) is 14.9. The predicted molar refractivity (Wildman–Crippen MR) is 68.2 cm³/mol. The van der Waals surface area contributed by atoms with Gasteiger partial charge in [-0.1, -0.05) is 6.07 Å². The van der Waals surface area contributed by atoms with E-state index in [1.807, 2.05) is 0 Å². The molecule has 1 N–H and O–H groups in total. The number of halogens is 2. The molecule has 0 spiro atoms. The van der Waals surface area contributed by atoms with E-state index in [-0.39, 0.29) is 11.7 Å². The van der Waals surface area contributed by atoms with Crippen LogP contribution in [-0.4, -0.2) is 24.4 Å². The lowest BCUT2D eigenvalue weighted by Crippen LogP contribution is -2.37. The first-order valence-corrected chi connectivity index (χ1v) is 6.32. The van der Waals surface area contributed by atoms with Gasteiger partial charge in [-0.2, -0.15) is 0 Å². The molecular formula is C14H17F2NO3. The Morgan fingerprint density at radius 2 is 2.10 bits per heavy atom. The molecule has 4 nitrogen and oxygen atoms in total. The first kappa shape index (κ1) is 14.7. The van der Waals surface area contributed by atoms with Gasteiger partial charge in [-0.15, -0.1) is 0 Å². The summed E-state index contributed by atoms with van der Waals surface area (Å²) in [6.45, 7) is 5.60. The Kier molecular flexibility index (Phi) is 3.94. The summed E-state index contributed by atoms with van der Waals surface area (Å²) in [6, 6.07) is 2.53. The molecule has 1 heterocycles. The molecule has 0 unspecified atom stereocenters. The number of rotatable bonds is 3. The highest BCUT2D eigenvalue weighted by Crippen LogP contribution is 2.30. The van der Waals surface area contributed by atoms with E-state index in [1.165, 1.54) is 6.07 Å². The van der Waals surface area contributed by atoms with Gasteiger partial charge in [0.1, 0.15) is 23.3 Å². The summed E-state index contributed by atoms with van der Waals surface area (Å²) in [6.07, 6.45) is -0.982. The highest BCUT2D eigenvalue weighted by Gasteiger charge is 2.37. The van der Waals surface area contributed by atoms with E-state index in [2.05, 4.69) is 5.32 Å². The smallest absolute Gasteiger partial charge is 0.408 e. The number of amides is 1. The fraction of sp³-hybridized carbons (Fsp3) is 0.500. The maximum atomic E-state index is 13.8. The summed E-state index contributed by atoms with van der Waals surface area (Å²) in [4.78, 5) is 11.8. The third-order valence-corrected chi connectivity index (χ3v) is 2.70. The van der Waals surface area contributed by atoms with Crippen molar-refractivity contribution >= 4 is 6.09 Å². The van der Waals surface area contributed by atoms with Crippen molar-refractivity contribution < 1.29 is 23.0 Å². The number of alkyl carbamates (subject to hydrolysis) is 1. The van der Waals surface area contributed by atoms with Crippen molar-refractivity contribution in [3.63, 3.8) is 0 Å². The maximum absolute atomic E-state index is 13.8. The van der Waals surface area contributed by atoms with Crippen molar-refractivity contribution in [2.75, 3.05) is 6.61 Å². The van der Waals surface area contributed by atoms with E-state index in [4.69, 9.17) is 9.47 Å². The fourth-order valence-corrected chi connectivity index (χ4v) is 1.81. The van der Waals surface area contributed by atoms with Crippen LogP contribution in [-0.2, 0) is 9.47 Å². The van der Waals surface area contributed by atoms with Crippen molar-refractivity contribution in [3.8, 4) is 0 Å². The van der Waals surface area contributed by atoms with Crippen LogP contribution in [0.3, 0.4) is 0 Å². The average Bonchev–Trinajstić information content (AvgIpc) is 3.07. The average molecular weight is 285 g/mol. The molecule has 0 aliphatic carbocycles. The lowest BCUT2D eigenvalue weighted by molar-refractivity contribution is 0.0493. The van der Waals surface area contributed by atoms with Crippen LogP contribution < -0.4 is 5.32 Å². The molecular weight excluding hydrogens is 268 g/mol. The Bertz CT molecular complexity index is 510. The molecule has 1 amide bonds. The van der Waals surface area contributed by atoms with Crippen molar-refractivity contribution in [1.29, 1.82) is 0 Å². The van der Waals surface area contributed by atoms with Crippen LogP contribution in [0.4, 0.5) is 13.6 Å². The van der Waals surface area contributed by atoms with Crippen LogP contribution in [0.5, 0.6) is 0 Å². The Labute approximate surface area is 116 Å². The minimum Gasteiger partial charge on any atom is -0.444 e. The van der Waals surface area contributed by atoms with Crippen molar-refractivity contribution in [3.05, 3.63) is 35.4 Å². The van der Waals surface area contributed by atoms with Gasteiger partial charge in [0.15, 0.2) is 0 Å². The second kappa shape index (κ2) is 5.36. The number of epoxide rings is 1. The van der Waals surface area contributed by atoms with Crippen LogP contribution in [0.2, 0.25) is 0 Å². The van der Waals surface area contributed by atoms with Crippen LogP contribution >= 0.6 is 0 Å². The molecule has 1 saturated heterocycles. The van der Waals surface area contributed by atoms with Gasteiger partial charge < -0.3 is 14.8 Å². The first-order valence-electron chi connectivity index (χ1n) is 6.32. The lowest BCUT2D eigenvalue weighted by atomic mass is 10.0. The number of benzene rings is 1. The summed E-state index contributed by atoms with van der Waals surface area (Å²) >= 11 is 0. The van der Waals surface area contributed by atoms with Crippen molar-refractivity contribution in [2.45, 2.75) is 38.5 Å². The van der Waals surface area contributed by atoms with Crippen LogP contribution in [0, 0.1) is 11.6 Å². The minimum atomic E-state index is -0.721. The van der Waals surface area contributed by atoms with Gasteiger partial charge in [-0.25, -0.2) is 13.6 Å². The number of nitrogens with one attached hydrogen (secondary N) is 1. The van der Waals surface area contributed by atoms with Gasteiger partial charge in [-0.3, -0.25) is 0 Å². The minimum absolute atomic E-state index is 0.180. The summed E-state index contributed by atoms with van der Waals surface area (Å²) in [5.41, 5.74) is -0.472. The summed E-state index contributed by atoms with van der Waals surface area (Å²) in [5, 5.41) is 2.56. The molecule has 110 valence electrons. The van der Waals surface area contributed by atoms with E-state index in [0.717, 1.165) is 12.1 Å². The standard InChI is InChI=1S/C14H17F2NO3/c1-14(2,3)20-13(18)17-12(11-7-19-11)9-5-4-8(15)6-10(9)16/h4-6,11-12H,7H2,1-3H3,(H,17,18)/t11-,12+/m1/s1. The summed E-state index contributed by atoms with van der Waals surface area (Å²) < 4.78 is 37.0. The molecule has 6 heteroatoms. The zero-order valence-electron chi connectivity index (χ0n) is 11.6. The van der Waals surface area contributed by atoms with Crippen LogP contribution in [0.1, 0.15) is 32.4 Å². The summed E-state index contributed by atoms with van der Waals surface area (Å²) in [7, 11) is 0. The Hall–Kier alpha value is -1.69. The van der Waals surface area contributed by atoms with Gasteiger partial charge in [0.2, 0.25) is 0 Å².